The van der Waals surface area contributed by atoms with Gasteiger partial charge >= 0.3 is 0 Å². The quantitative estimate of drug-likeness (QED) is 0.519. The summed E-state index contributed by atoms with van der Waals surface area (Å²) in [7, 11) is 3.28. The molecule has 0 aliphatic rings. The Labute approximate surface area is 153 Å². The van der Waals surface area contributed by atoms with E-state index in [1.165, 1.54) is 11.3 Å². The molecule has 0 saturated heterocycles. The monoisotopic (exact) mass is 368 g/mol. The van der Waals surface area contributed by atoms with Gasteiger partial charge in [-0.1, -0.05) is 11.3 Å². The number of methoxy groups -OCH3 is 2. The Bertz CT molecular complexity index is 1010. The van der Waals surface area contributed by atoms with E-state index >= 15 is 0 Å². The molecule has 0 saturated carbocycles. The van der Waals surface area contributed by atoms with Crippen LogP contribution in [0.5, 0.6) is 17.2 Å². The van der Waals surface area contributed by atoms with Crippen LogP contribution in [0.4, 0.5) is 0 Å². The number of hydrogen-bond donors (Lipinski definition) is 0. The number of hydrogen-bond acceptors (Lipinski definition) is 7. The van der Waals surface area contributed by atoms with E-state index in [4.69, 9.17) is 14.2 Å². The highest BCUT2D eigenvalue weighted by Crippen LogP contribution is 2.27. The number of aromatic nitrogens is 4. The van der Waals surface area contributed by atoms with Crippen LogP contribution in [0.3, 0.4) is 0 Å². The molecule has 0 radical (unpaired) electrons. The first-order chi connectivity index (χ1) is 12.8. The lowest BCUT2D eigenvalue weighted by Gasteiger charge is -2.05. The standard InChI is InChI=1S/C18H16N4O3S/c1-23-13-5-3-12(4-6-13)17-21-22-16(19-20-18(22)26-17)11-25-15-9-7-14(24-2)8-10-15/h3-10H,11H2,1-2H3. The van der Waals surface area contributed by atoms with Crippen molar-refractivity contribution in [3.8, 4) is 27.8 Å². The Morgan fingerprint density at radius 2 is 1.46 bits per heavy atom. The Kier molecular flexibility index (Phi) is 4.40. The summed E-state index contributed by atoms with van der Waals surface area (Å²) in [6, 6.07) is 15.1. The van der Waals surface area contributed by atoms with E-state index in [9.17, 15) is 0 Å². The lowest BCUT2D eigenvalue weighted by Crippen LogP contribution is -2.02. The molecule has 8 heteroatoms. The van der Waals surface area contributed by atoms with Crippen molar-refractivity contribution in [2.24, 2.45) is 0 Å². The van der Waals surface area contributed by atoms with E-state index in [1.54, 1.807) is 18.7 Å². The molecule has 0 bridgehead atoms. The van der Waals surface area contributed by atoms with E-state index in [0.717, 1.165) is 32.8 Å². The summed E-state index contributed by atoms with van der Waals surface area (Å²) in [6.45, 7) is 0.277. The second-order valence-electron chi connectivity index (χ2n) is 5.41. The summed E-state index contributed by atoms with van der Waals surface area (Å²) >= 11 is 1.48. The largest absolute Gasteiger partial charge is 0.497 e. The average molecular weight is 368 g/mol. The molecule has 0 amide bonds. The van der Waals surface area contributed by atoms with Gasteiger partial charge < -0.3 is 14.2 Å². The SMILES string of the molecule is COc1ccc(OCc2nnc3sc(-c4ccc(OC)cc4)nn23)cc1. The zero-order valence-electron chi connectivity index (χ0n) is 14.2. The van der Waals surface area contributed by atoms with Crippen molar-refractivity contribution in [3.63, 3.8) is 0 Å². The molecule has 0 N–H and O–H groups in total. The maximum absolute atomic E-state index is 5.77. The fourth-order valence-corrected chi connectivity index (χ4v) is 3.28. The van der Waals surface area contributed by atoms with Crippen LogP contribution in [-0.4, -0.2) is 34.0 Å². The summed E-state index contributed by atoms with van der Waals surface area (Å²) in [5.41, 5.74) is 1.00. The molecule has 0 aliphatic heterocycles. The van der Waals surface area contributed by atoms with Crippen molar-refractivity contribution in [2.45, 2.75) is 6.61 Å². The summed E-state index contributed by atoms with van der Waals surface area (Å²) in [5, 5.41) is 13.8. The molecule has 7 nitrogen and oxygen atoms in total. The first-order valence-electron chi connectivity index (χ1n) is 7.89. The summed E-state index contributed by atoms with van der Waals surface area (Å²) in [5.74, 6) is 2.97. The Hall–Kier alpha value is -3.13. The van der Waals surface area contributed by atoms with Gasteiger partial charge in [-0.3, -0.25) is 0 Å². The lowest BCUT2D eigenvalue weighted by atomic mass is 10.2. The van der Waals surface area contributed by atoms with Gasteiger partial charge in [-0.15, -0.1) is 10.2 Å². The topological polar surface area (TPSA) is 70.8 Å². The molecule has 0 aliphatic carbocycles. The molecular weight excluding hydrogens is 352 g/mol. The lowest BCUT2D eigenvalue weighted by molar-refractivity contribution is 0.292. The predicted molar refractivity (Wildman–Crippen MR) is 98.0 cm³/mol. The first kappa shape index (κ1) is 16.3. The highest BCUT2D eigenvalue weighted by Gasteiger charge is 2.13. The normalized spacial score (nSPS) is 10.8. The third-order valence-corrected chi connectivity index (χ3v) is 4.77. The molecule has 4 aromatic rings. The van der Waals surface area contributed by atoms with Crippen molar-refractivity contribution in [3.05, 3.63) is 54.4 Å². The predicted octanol–water partition coefficient (Wildman–Crippen LogP) is 3.45. The molecule has 0 atom stereocenters. The van der Waals surface area contributed by atoms with Crippen LogP contribution in [-0.2, 0) is 6.61 Å². The summed E-state index contributed by atoms with van der Waals surface area (Å²) in [6.07, 6.45) is 0. The second-order valence-corrected chi connectivity index (χ2v) is 6.37. The van der Waals surface area contributed by atoms with E-state index < -0.39 is 0 Å². The van der Waals surface area contributed by atoms with E-state index in [0.29, 0.717) is 5.82 Å². The van der Waals surface area contributed by atoms with E-state index in [2.05, 4.69) is 15.3 Å². The minimum atomic E-state index is 0.277. The van der Waals surface area contributed by atoms with Gasteiger partial charge in [0.05, 0.1) is 14.2 Å². The third-order valence-electron chi connectivity index (χ3n) is 3.82. The number of ether oxygens (including phenoxy) is 3. The van der Waals surface area contributed by atoms with Gasteiger partial charge in [0.1, 0.15) is 28.9 Å². The maximum atomic E-state index is 5.77. The molecular formula is C18H16N4O3S. The van der Waals surface area contributed by atoms with Crippen LogP contribution in [0.1, 0.15) is 5.82 Å². The fraction of sp³-hybridized carbons (Fsp3) is 0.167. The van der Waals surface area contributed by atoms with Gasteiger partial charge in [-0.2, -0.15) is 9.61 Å². The zero-order chi connectivity index (χ0) is 17.9. The minimum Gasteiger partial charge on any atom is -0.497 e. The van der Waals surface area contributed by atoms with Crippen LogP contribution in [0, 0.1) is 0 Å². The minimum absolute atomic E-state index is 0.277. The van der Waals surface area contributed by atoms with Crippen LogP contribution in [0.15, 0.2) is 48.5 Å². The Morgan fingerprint density at radius 1 is 0.846 bits per heavy atom. The Morgan fingerprint density at radius 3 is 2.12 bits per heavy atom. The van der Waals surface area contributed by atoms with E-state index in [1.807, 2.05) is 48.5 Å². The van der Waals surface area contributed by atoms with Crippen molar-refractivity contribution >= 4 is 16.3 Å². The molecule has 132 valence electrons. The highest BCUT2D eigenvalue weighted by molar-refractivity contribution is 7.19. The number of fused-ring (bicyclic) bond motifs is 1. The van der Waals surface area contributed by atoms with Gasteiger partial charge in [0.2, 0.25) is 4.96 Å². The van der Waals surface area contributed by atoms with Crippen molar-refractivity contribution in [1.82, 2.24) is 19.8 Å². The third kappa shape index (κ3) is 3.18. The van der Waals surface area contributed by atoms with Crippen LogP contribution in [0.2, 0.25) is 0 Å². The molecule has 0 unspecified atom stereocenters. The van der Waals surface area contributed by atoms with Gasteiger partial charge in [-0.25, -0.2) is 0 Å². The van der Waals surface area contributed by atoms with Crippen LogP contribution in [0.25, 0.3) is 15.5 Å². The van der Waals surface area contributed by atoms with Gasteiger partial charge in [0.25, 0.3) is 0 Å². The average Bonchev–Trinajstić information content (AvgIpc) is 3.28. The highest BCUT2D eigenvalue weighted by atomic mass is 32.1. The molecule has 26 heavy (non-hydrogen) atoms. The summed E-state index contributed by atoms with van der Waals surface area (Å²) < 4.78 is 17.8. The zero-order valence-corrected chi connectivity index (χ0v) is 15.1. The molecule has 0 fully saturated rings. The van der Waals surface area contributed by atoms with Crippen molar-refractivity contribution in [1.29, 1.82) is 0 Å². The number of benzene rings is 2. The van der Waals surface area contributed by atoms with E-state index in [-0.39, 0.29) is 6.61 Å². The molecule has 2 aromatic carbocycles. The Balaban J connectivity index is 1.53. The summed E-state index contributed by atoms with van der Waals surface area (Å²) in [4.78, 5) is 0.726. The first-order valence-corrected chi connectivity index (χ1v) is 8.71. The molecule has 2 heterocycles. The second kappa shape index (κ2) is 7.01. The van der Waals surface area contributed by atoms with Crippen LogP contribution < -0.4 is 14.2 Å². The van der Waals surface area contributed by atoms with Gasteiger partial charge in [-0.05, 0) is 48.5 Å². The van der Waals surface area contributed by atoms with Gasteiger partial charge in [0.15, 0.2) is 5.82 Å². The number of nitrogens with zero attached hydrogens (tertiary/aromatic N) is 4. The van der Waals surface area contributed by atoms with Gasteiger partial charge in [0, 0.05) is 5.56 Å². The number of rotatable bonds is 6. The van der Waals surface area contributed by atoms with Crippen molar-refractivity contribution in [2.75, 3.05) is 14.2 Å². The smallest absolute Gasteiger partial charge is 0.235 e. The molecule has 4 rings (SSSR count). The fourth-order valence-electron chi connectivity index (χ4n) is 2.42. The van der Waals surface area contributed by atoms with Crippen LogP contribution >= 0.6 is 11.3 Å². The maximum Gasteiger partial charge on any atom is 0.235 e. The molecule has 0 spiro atoms. The van der Waals surface area contributed by atoms with Crippen molar-refractivity contribution < 1.29 is 14.2 Å². The molecule has 2 aromatic heterocycles.